The van der Waals surface area contributed by atoms with Crippen molar-refractivity contribution in [3.8, 4) is 0 Å². The van der Waals surface area contributed by atoms with Crippen molar-refractivity contribution < 1.29 is 9.90 Å². The van der Waals surface area contributed by atoms with E-state index in [0.717, 1.165) is 30.2 Å². The van der Waals surface area contributed by atoms with Crippen LogP contribution in [0.1, 0.15) is 28.0 Å². The number of rotatable bonds is 1. The van der Waals surface area contributed by atoms with Crippen molar-refractivity contribution in [1.82, 2.24) is 4.98 Å². The fraction of sp³-hybridized carbons (Fsp3) is 0.250. The lowest BCUT2D eigenvalue weighted by Gasteiger charge is -1.99. The fourth-order valence-corrected chi connectivity index (χ4v) is 2.48. The summed E-state index contributed by atoms with van der Waals surface area (Å²) in [5.74, 6) is -0.839. The van der Waals surface area contributed by atoms with Gasteiger partial charge < -0.3 is 10.1 Å². The van der Waals surface area contributed by atoms with Gasteiger partial charge in [0.15, 0.2) is 0 Å². The third-order valence-corrected chi connectivity index (χ3v) is 3.10. The van der Waals surface area contributed by atoms with Crippen LogP contribution in [0.5, 0.6) is 0 Å². The molecule has 1 aliphatic carbocycles. The van der Waals surface area contributed by atoms with Gasteiger partial charge in [-0.25, -0.2) is 4.79 Å². The summed E-state index contributed by atoms with van der Waals surface area (Å²) < 4.78 is 0. The highest BCUT2D eigenvalue weighted by molar-refractivity contribution is 6.05. The molecule has 1 aromatic heterocycles. The first-order valence-electron chi connectivity index (χ1n) is 5.13. The van der Waals surface area contributed by atoms with E-state index in [1.807, 2.05) is 6.07 Å². The van der Waals surface area contributed by atoms with E-state index in [2.05, 4.69) is 4.98 Å². The Morgan fingerprint density at radius 3 is 3.00 bits per heavy atom. The molecule has 0 saturated heterocycles. The molecule has 76 valence electrons. The van der Waals surface area contributed by atoms with Crippen molar-refractivity contribution >= 4 is 16.9 Å². The number of hydrogen-bond acceptors (Lipinski definition) is 1. The lowest BCUT2D eigenvalue weighted by atomic mass is 10.1. The van der Waals surface area contributed by atoms with Crippen LogP contribution in [-0.4, -0.2) is 16.1 Å². The summed E-state index contributed by atoms with van der Waals surface area (Å²) in [5.41, 5.74) is 3.81. The third kappa shape index (κ3) is 1.09. The summed E-state index contributed by atoms with van der Waals surface area (Å²) in [6.45, 7) is 0. The van der Waals surface area contributed by atoms with Crippen molar-refractivity contribution in [2.45, 2.75) is 19.3 Å². The predicted molar refractivity (Wildman–Crippen MR) is 57.3 cm³/mol. The molecule has 2 aromatic rings. The number of carboxylic acids is 1. The molecule has 1 aromatic carbocycles. The number of aromatic carboxylic acids is 1. The zero-order valence-corrected chi connectivity index (χ0v) is 8.21. The Morgan fingerprint density at radius 1 is 1.33 bits per heavy atom. The van der Waals surface area contributed by atoms with Gasteiger partial charge in [-0.3, -0.25) is 0 Å². The standard InChI is InChI=1S/C12H11NO2/c14-12(15)8-4-2-6-10-11(8)7-3-1-5-9(7)13-10/h2,4,6,13H,1,3,5H2,(H,14,15). The number of aryl methyl sites for hydroxylation is 2. The number of benzene rings is 1. The van der Waals surface area contributed by atoms with E-state index in [1.165, 1.54) is 11.3 Å². The van der Waals surface area contributed by atoms with Crippen LogP contribution in [0.25, 0.3) is 10.9 Å². The van der Waals surface area contributed by atoms with Crippen molar-refractivity contribution in [3.63, 3.8) is 0 Å². The second-order valence-electron chi connectivity index (χ2n) is 3.97. The van der Waals surface area contributed by atoms with E-state index < -0.39 is 5.97 Å². The Balaban J connectivity index is 2.41. The van der Waals surface area contributed by atoms with Gasteiger partial charge in [0.2, 0.25) is 0 Å². The van der Waals surface area contributed by atoms with Crippen molar-refractivity contribution in [1.29, 1.82) is 0 Å². The van der Waals surface area contributed by atoms with E-state index in [4.69, 9.17) is 5.11 Å². The third-order valence-electron chi connectivity index (χ3n) is 3.10. The Bertz CT molecular complexity index is 554. The molecule has 0 saturated carbocycles. The monoisotopic (exact) mass is 201 g/mol. The molecule has 0 spiro atoms. The van der Waals surface area contributed by atoms with Crippen molar-refractivity contribution in [2.24, 2.45) is 0 Å². The summed E-state index contributed by atoms with van der Waals surface area (Å²) in [7, 11) is 0. The molecule has 3 rings (SSSR count). The lowest BCUT2D eigenvalue weighted by Crippen LogP contribution is -1.97. The second-order valence-corrected chi connectivity index (χ2v) is 3.97. The van der Waals surface area contributed by atoms with Gasteiger partial charge in [0, 0.05) is 16.6 Å². The van der Waals surface area contributed by atoms with E-state index >= 15 is 0 Å². The van der Waals surface area contributed by atoms with Gasteiger partial charge >= 0.3 is 5.97 Å². The van der Waals surface area contributed by atoms with Gasteiger partial charge in [-0.05, 0) is 37.0 Å². The van der Waals surface area contributed by atoms with Crippen LogP contribution >= 0.6 is 0 Å². The molecule has 0 aliphatic heterocycles. The molecule has 3 nitrogen and oxygen atoms in total. The SMILES string of the molecule is O=C(O)c1cccc2[nH]c3c(c12)CCC3. The van der Waals surface area contributed by atoms with Crippen molar-refractivity contribution in [3.05, 3.63) is 35.0 Å². The van der Waals surface area contributed by atoms with Gasteiger partial charge in [0.25, 0.3) is 0 Å². The van der Waals surface area contributed by atoms with Crippen LogP contribution in [0.3, 0.4) is 0 Å². The minimum atomic E-state index is -0.839. The van der Waals surface area contributed by atoms with Gasteiger partial charge in [0.05, 0.1) is 5.56 Å². The van der Waals surface area contributed by atoms with Crippen molar-refractivity contribution in [2.75, 3.05) is 0 Å². The average molecular weight is 201 g/mol. The summed E-state index contributed by atoms with van der Waals surface area (Å²) in [4.78, 5) is 14.4. The smallest absolute Gasteiger partial charge is 0.336 e. The van der Waals surface area contributed by atoms with E-state index in [-0.39, 0.29) is 0 Å². The number of aromatic nitrogens is 1. The Hall–Kier alpha value is -1.77. The highest BCUT2D eigenvalue weighted by atomic mass is 16.4. The molecule has 1 heterocycles. The molecule has 0 unspecified atom stereocenters. The number of aromatic amines is 1. The zero-order chi connectivity index (χ0) is 10.4. The highest BCUT2D eigenvalue weighted by Gasteiger charge is 2.20. The topological polar surface area (TPSA) is 53.1 Å². The molecule has 0 bridgehead atoms. The molecule has 1 aliphatic rings. The maximum Gasteiger partial charge on any atom is 0.336 e. The number of fused-ring (bicyclic) bond motifs is 3. The average Bonchev–Trinajstić information content (AvgIpc) is 2.75. The van der Waals surface area contributed by atoms with Gasteiger partial charge in [0.1, 0.15) is 0 Å². The number of H-pyrrole nitrogens is 1. The van der Waals surface area contributed by atoms with Crippen LogP contribution in [-0.2, 0) is 12.8 Å². The summed E-state index contributed by atoms with van der Waals surface area (Å²) in [6.07, 6.45) is 3.17. The minimum absolute atomic E-state index is 0.423. The Kier molecular flexibility index (Phi) is 1.63. The maximum atomic E-state index is 11.1. The molecular weight excluding hydrogens is 190 g/mol. The fourth-order valence-electron chi connectivity index (χ4n) is 2.48. The number of hydrogen-bond donors (Lipinski definition) is 2. The van der Waals surface area contributed by atoms with Crippen LogP contribution < -0.4 is 0 Å². The largest absolute Gasteiger partial charge is 0.478 e. The number of carbonyl (C=O) groups is 1. The van der Waals surface area contributed by atoms with Crippen LogP contribution in [0.4, 0.5) is 0 Å². The van der Waals surface area contributed by atoms with E-state index in [9.17, 15) is 4.79 Å². The Morgan fingerprint density at radius 2 is 2.20 bits per heavy atom. The normalized spacial score (nSPS) is 14.4. The lowest BCUT2D eigenvalue weighted by molar-refractivity contribution is 0.0699. The summed E-state index contributed by atoms with van der Waals surface area (Å²) >= 11 is 0. The predicted octanol–water partition coefficient (Wildman–Crippen LogP) is 2.35. The van der Waals surface area contributed by atoms with Gasteiger partial charge in [-0.2, -0.15) is 0 Å². The van der Waals surface area contributed by atoms with Crippen LogP contribution in [0, 0.1) is 0 Å². The minimum Gasteiger partial charge on any atom is -0.478 e. The molecule has 0 atom stereocenters. The molecular formula is C12H11NO2. The number of nitrogens with one attached hydrogen (secondary N) is 1. The number of carboxylic acid groups (broad SMARTS) is 1. The van der Waals surface area contributed by atoms with Crippen LogP contribution in [0.2, 0.25) is 0 Å². The van der Waals surface area contributed by atoms with E-state index in [0.29, 0.717) is 5.56 Å². The summed E-state index contributed by atoms with van der Waals surface area (Å²) in [6, 6.07) is 5.41. The Labute approximate surface area is 86.7 Å². The molecule has 0 amide bonds. The second kappa shape index (κ2) is 2.86. The molecule has 2 N–H and O–H groups in total. The first-order valence-corrected chi connectivity index (χ1v) is 5.13. The molecule has 3 heteroatoms. The first-order chi connectivity index (χ1) is 7.27. The van der Waals surface area contributed by atoms with Gasteiger partial charge in [-0.1, -0.05) is 6.07 Å². The maximum absolute atomic E-state index is 11.1. The van der Waals surface area contributed by atoms with Crippen LogP contribution in [0.15, 0.2) is 18.2 Å². The van der Waals surface area contributed by atoms with Gasteiger partial charge in [-0.15, -0.1) is 0 Å². The zero-order valence-electron chi connectivity index (χ0n) is 8.21. The first kappa shape index (κ1) is 8.53. The molecule has 15 heavy (non-hydrogen) atoms. The quantitative estimate of drug-likeness (QED) is 0.744. The highest BCUT2D eigenvalue weighted by Crippen LogP contribution is 2.32. The molecule has 0 radical (unpaired) electrons. The van der Waals surface area contributed by atoms with E-state index in [1.54, 1.807) is 12.1 Å². The molecule has 0 fully saturated rings. The summed E-state index contributed by atoms with van der Waals surface area (Å²) in [5, 5.41) is 10.0.